The van der Waals surface area contributed by atoms with Gasteiger partial charge in [-0.1, -0.05) is 48.9 Å². The Morgan fingerprint density at radius 1 is 1.00 bits per heavy atom. The number of hydrogen-bond acceptors (Lipinski definition) is 8. The number of nitrogens with two attached hydrogens (primary N) is 1. The number of rotatable bonds is 8. The van der Waals surface area contributed by atoms with Gasteiger partial charge in [0.25, 0.3) is 0 Å². The fourth-order valence-corrected chi connectivity index (χ4v) is 4.18. The highest BCUT2D eigenvalue weighted by molar-refractivity contribution is 7.88. The topological polar surface area (TPSA) is 142 Å². The van der Waals surface area contributed by atoms with Crippen LogP contribution in [0.5, 0.6) is 0 Å². The van der Waals surface area contributed by atoms with E-state index in [2.05, 4.69) is 25.0 Å². The van der Waals surface area contributed by atoms with Crippen LogP contribution in [-0.2, 0) is 22.0 Å². The maximum Gasteiger partial charge on any atom is 0.221 e. The molecule has 0 radical (unpaired) electrons. The van der Waals surface area contributed by atoms with Crippen molar-refractivity contribution in [1.29, 1.82) is 0 Å². The number of hydrogen-bond donors (Lipinski definition) is 2. The zero-order valence-corrected chi connectivity index (χ0v) is 20.9. The summed E-state index contributed by atoms with van der Waals surface area (Å²) in [6.07, 6.45) is 2.93. The van der Waals surface area contributed by atoms with E-state index < -0.39 is 15.4 Å². The van der Waals surface area contributed by atoms with E-state index in [0.717, 1.165) is 28.8 Å². The molecule has 0 fully saturated rings. The van der Waals surface area contributed by atoms with E-state index in [-0.39, 0.29) is 12.5 Å². The Bertz CT molecular complexity index is 1460. The zero-order valence-electron chi connectivity index (χ0n) is 20.1. The number of sulfonamides is 1. The predicted octanol–water partition coefficient (Wildman–Crippen LogP) is 2.56. The van der Waals surface area contributed by atoms with E-state index in [9.17, 15) is 8.42 Å². The molecule has 182 valence electrons. The van der Waals surface area contributed by atoms with Crippen LogP contribution in [0, 0.1) is 6.92 Å². The van der Waals surface area contributed by atoms with Gasteiger partial charge in [0.2, 0.25) is 16.0 Å². The molecule has 0 atom stereocenters. The van der Waals surface area contributed by atoms with Gasteiger partial charge in [-0.15, -0.1) is 5.10 Å². The number of pyridine rings is 1. The van der Waals surface area contributed by atoms with Gasteiger partial charge in [0.1, 0.15) is 5.69 Å². The summed E-state index contributed by atoms with van der Waals surface area (Å²) in [6.45, 7) is 6.54. The summed E-state index contributed by atoms with van der Waals surface area (Å²) in [6, 6.07) is 15.5. The fraction of sp³-hybridized carbons (Fsp3) is 0.292. The van der Waals surface area contributed by atoms with E-state index >= 15 is 0 Å². The number of nitrogens with one attached hydrogen (secondary N) is 1. The summed E-state index contributed by atoms with van der Waals surface area (Å²) in [5.74, 6) is 0.160. The van der Waals surface area contributed by atoms with Crippen molar-refractivity contribution in [3.8, 4) is 22.6 Å². The largest absolute Gasteiger partial charge is 0.368 e. The van der Waals surface area contributed by atoms with Crippen LogP contribution in [0.25, 0.3) is 22.6 Å². The molecule has 0 aliphatic carbocycles. The number of benzene rings is 1. The molecule has 0 spiro atoms. The lowest BCUT2D eigenvalue weighted by Crippen LogP contribution is -2.36. The highest BCUT2D eigenvalue weighted by Gasteiger charge is 2.24. The number of aryl methyl sites for hydroxylation is 1. The van der Waals surface area contributed by atoms with Gasteiger partial charge in [-0.2, -0.15) is 0 Å². The first-order valence-corrected chi connectivity index (χ1v) is 12.9. The van der Waals surface area contributed by atoms with Crippen LogP contribution in [0.4, 0.5) is 5.95 Å². The lowest BCUT2D eigenvalue weighted by Gasteiger charge is -2.24. The van der Waals surface area contributed by atoms with Crippen LogP contribution in [0.2, 0.25) is 0 Å². The molecule has 0 amide bonds. The SMILES string of the molecule is Cc1cccc(-c2cc(-c3cn(Cc4cccc(C(C)(C)CNS(C)(=O)=O)n4)nn3)nc(N)n2)c1. The third kappa shape index (κ3) is 6.25. The van der Waals surface area contributed by atoms with Gasteiger partial charge >= 0.3 is 0 Å². The monoisotopic (exact) mass is 492 g/mol. The Morgan fingerprint density at radius 2 is 1.74 bits per heavy atom. The molecule has 0 saturated heterocycles. The van der Waals surface area contributed by atoms with E-state index in [1.54, 1.807) is 10.9 Å². The lowest BCUT2D eigenvalue weighted by molar-refractivity contribution is 0.487. The normalized spacial score (nSPS) is 12.1. The van der Waals surface area contributed by atoms with Crippen molar-refractivity contribution in [2.75, 3.05) is 18.5 Å². The Hall–Kier alpha value is -3.70. The maximum absolute atomic E-state index is 11.5. The van der Waals surface area contributed by atoms with Crippen LogP contribution in [0.3, 0.4) is 0 Å². The number of nitrogens with zero attached hydrogens (tertiary/aromatic N) is 6. The summed E-state index contributed by atoms with van der Waals surface area (Å²) in [4.78, 5) is 13.4. The number of nitrogen functional groups attached to an aromatic ring is 1. The minimum atomic E-state index is -3.29. The smallest absolute Gasteiger partial charge is 0.221 e. The highest BCUT2D eigenvalue weighted by Crippen LogP contribution is 2.24. The molecule has 1 aromatic carbocycles. The summed E-state index contributed by atoms with van der Waals surface area (Å²) in [5.41, 5.74) is 11.0. The van der Waals surface area contributed by atoms with Gasteiger partial charge in [0, 0.05) is 23.2 Å². The molecule has 0 aliphatic rings. The third-order valence-electron chi connectivity index (χ3n) is 5.46. The standard InChI is InChI=1S/C24H28N8O2S/c1-16-7-5-8-17(11-16)19-12-20(29-23(25)28-19)21-14-32(31-30-21)13-18-9-6-10-22(27-18)24(2,3)15-26-35(4,33)34/h5-12,14,26H,13,15H2,1-4H3,(H2,25,28,29). The molecule has 11 heteroatoms. The average Bonchev–Trinajstić information content (AvgIpc) is 3.26. The van der Waals surface area contributed by atoms with Crippen LogP contribution >= 0.6 is 0 Å². The molecule has 35 heavy (non-hydrogen) atoms. The van der Waals surface area contributed by atoms with Crippen molar-refractivity contribution in [3.05, 3.63) is 71.7 Å². The summed E-state index contributed by atoms with van der Waals surface area (Å²) < 4.78 is 27.2. The molecule has 0 unspecified atom stereocenters. The van der Waals surface area contributed by atoms with Crippen LogP contribution in [0.15, 0.2) is 54.7 Å². The Balaban J connectivity index is 1.55. The number of aromatic nitrogens is 6. The number of anilines is 1. The highest BCUT2D eigenvalue weighted by atomic mass is 32.2. The van der Waals surface area contributed by atoms with Crippen molar-refractivity contribution in [3.63, 3.8) is 0 Å². The van der Waals surface area contributed by atoms with Gasteiger partial charge in [-0.25, -0.2) is 27.8 Å². The lowest BCUT2D eigenvalue weighted by atomic mass is 9.89. The average molecular weight is 493 g/mol. The summed E-state index contributed by atoms with van der Waals surface area (Å²) in [5, 5.41) is 8.49. The molecule has 0 saturated carbocycles. The van der Waals surface area contributed by atoms with Gasteiger partial charge in [0.15, 0.2) is 0 Å². The van der Waals surface area contributed by atoms with Gasteiger partial charge in [-0.3, -0.25) is 4.98 Å². The van der Waals surface area contributed by atoms with Crippen molar-refractivity contribution in [2.45, 2.75) is 32.7 Å². The molecule has 3 N–H and O–H groups in total. The second-order valence-electron chi connectivity index (χ2n) is 9.16. The van der Waals surface area contributed by atoms with E-state index in [0.29, 0.717) is 23.6 Å². The van der Waals surface area contributed by atoms with Crippen molar-refractivity contribution in [1.82, 2.24) is 34.7 Å². The molecular weight excluding hydrogens is 464 g/mol. The Labute approximate surface area is 204 Å². The molecule has 0 aliphatic heterocycles. The first-order chi connectivity index (χ1) is 16.5. The van der Waals surface area contributed by atoms with Gasteiger partial charge in [-0.05, 0) is 31.2 Å². The second-order valence-corrected chi connectivity index (χ2v) is 11.0. The van der Waals surface area contributed by atoms with E-state index in [1.807, 2.05) is 69.3 Å². The minimum Gasteiger partial charge on any atom is -0.368 e. The van der Waals surface area contributed by atoms with Gasteiger partial charge < -0.3 is 5.73 Å². The molecule has 4 rings (SSSR count). The van der Waals surface area contributed by atoms with E-state index in [4.69, 9.17) is 10.7 Å². The van der Waals surface area contributed by atoms with Crippen molar-refractivity contribution >= 4 is 16.0 Å². The zero-order chi connectivity index (χ0) is 25.2. The maximum atomic E-state index is 11.5. The van der Waals surface area contributed by atoms with Crippen molar-refractivity contribution in [2.24, 2.45) is 0 Å². The van der Waals surface area contributed by atoms with Crippen LogP contribution in [-0.4, -0.2) is 51.2 Å². The van der Waals surface area contributed by atoms with E-state index in [1.165, 1.54) is 0 Å². The third-order valence-corrected chi connectivity index (χ3v) is 6.13. The Morgan fingerprint density at radius 3 is 2.49 bits per heavy atom. The molecular formula is C24H28N8O2S. The quantitative estimate of drug-likeness (QED) is 0.382. The summed E-state index contributed by atoms with van der Waals surface area (Å²) >= 11 is 0. The fourth-order valence-electron chi connectivity index (χ4n) is 3.56. The predicted molar refractivity (Wildman–Crippen MR) is 135 cm³/mol. The Kier molecular flexibility index (Phi) is 6.64. The molecule has 4 aromatic rings. The van der Waals surface area contributed by atoms with Crippen LogP contribution < -0.4 is 10.5 Å². The molecule has 3 heterocycles. The first kappa shape index (κ1) is 24.4. The van der Waals surface area contributed by atoms with Gasteiger partial charge in [0.05, 0.1) is 36.1 Å². The first-order valence-electron chi connectivity index (χ1n) is 11.0. The molecule has 10 nitrogen and oxygen atoms in total. The molecule has 0 bridgehead atoms. The second kappa shape index (κ2) is 9.51. The minimum absolute atomic E-state index is 0.160. The molecule has 3 aromatic heterocycles. The van der Waals surface area contributed by atoms with Crippen LogP contribution in [0.1, 0.15) is 30.8 Å². The van der Waals surface area contributed by atoms with Crippen molar-refractivity contribution < 1.29 is 8.42 Å². The summed E-state index contributed by atoms with van der Waals surface area (Å²) in [7, 11) is -3.29.